The Labute approximate surface area is 90.9 Å². The quantitative estimate of drug-likeness (QED) is 0.828. The maximum atomic E-state index is 13.0. The summed E-state index contributed by atoms with van der Waals surface area (Å²) in [5.41, 5.74) is 6.76. The predicted octanol–water partition coefficient (Wildman–Crippen LogP) is 2.17. The third-order valence-electron chi connectivity index (χ3n) is 3.12. The lowest BCUT2D eigenvalue weighted by molar-refractivity contribution is 0.159. The molecule has 0 saturated heterocycles. The highest BCUT2D eigenvalue weighted by atomic mass is 19.1. The first-order chi connectivity index (χ1) is 6.85. The summed E-state index contributed by atoms with van der Waals surface area (Å²) in [7, 11) is 3.94. The Hall–Kier alpha value is -0.930. The van der Waals surface area contributed by atoms with Gasteiger partial charge in [0.05, 0.1) is 0 Å². The monoisotopic (exact) mass is 210 g/mol. The molecule has 84 valence electrons. The van der Waals surface area contributed by atoms with Gasteiger partial charge in [-0.1, -0.05) is 12.1 Å². The molecule has 0 aromatic heterocycles. The largest absolute Gasteiger partial charge is 0.322 e. The van der Waals surface area contributed by atoms with Gasteiger partial charge >= 0.3 is 0 Å². The Kier molecular flexibility index (Phi) is 3.47. The highest BCUT2D eigenvalue weighted by molar-refractivity contribution is 5.22. The number of hydrogen-bond donors (Lipinski definition) is 1. The molecule has 1 unspecified atom stereocenters. The van der Waals surface area contributed by atoms with Crippen molar-refractivity contribution in [3.63, 3.8) is 0 Å². The molecule has 0 aliphatic heterocycles. The van der Waals surface area contributed by atoms with Crippen LogP contribution in [0.5, 0.6) is 0 Å². The van der Waals surface area contributed by atoms with E-state index in [9.17, 15) is 4.39 Å². The van der Waals surface area contributed by atoms with Gasteiger partial charge in [-0.25, -0.2) is 4.39 Å². The standard InChI is InChI=1S/C12H19FN2/c1-12(2,15(3)4)11(14)9-6-5-7-10(13)8-9/h5-8,11H,14H2,1-4H3. The minimum atomic E-state index is -0.238. The van der Waals surface area contributed by atoms with Crippen molar-refractivity contribution in [3.8, 4) is 0 Å². The van der Waals surface area contributed by atoms with E-state index in [2.05, 4.69) is 0 Å². The molecule has 0 bridgehead atoms. The van der Waals surface area contributed by atoms with Crippen molar-refractivity contribution in [1.29, 1.82) is 0 Å². The van der Waals surface area contributed by atoms with E-state index in [0.717, 1.165) is 5.56 Å². The van der Waals surface area contributed by atoms with E-state index in [1.165, 1.54) is 12.1 Å². The Balaban J connectivity index is 2.99. The van der Waals surface area contributed by atoms with Gasteiger partial charge in [0.2, 0.25) is 0 Å². The summed E-state index contributed by atoms with van der Waals surface area (Å²) in [5.74, 6) is -0.238. The van der Waals surface area contributed by atoms with E-state index in [0.29, 0.717) is 0 Å². The molecule has 1 rings (SSSR count). The molecule has 0 amide bonds. The van der Waals surface area contributed by atoms with Crippen molar-refractivity contribution < 1.29 is 4.39 Å². The molecule has 0 fully saturated rings. The van der Waals surface area contributed by atoms with E-state index < -0.39 is 0 Å². The second kappa shape index (κ2) is 4.29. The topological polar surface area (TPSA) is 29.3 Å². The first-order valence-electron chi connectivity index (χ1n) is 5.04. The van der Waals surface area contributed by atoms with Crippen LogP contribution in [-0.4, -0.2) is 24.5 Å². The Morgan fingerprint density at radius 3 is 2.40 bits per heavy atom. The average molecular weight is 210 g/mol. The number of rotatable bonds is 3. The Morgan fingerprint density at radius 1 is 1.33 bits per heavy atom. The van der Waals surface area contributed by atoms with Crippen molar-refractivity contribution in [2.45, 2.75) is 25.4 Å². The van der Waals surface area contributed by atoms with Crippen molar-refractivity contribution in [1.82, 2.24) is 4.90 Å². The molecule has 1 atom stereocenters. The van der Waals surface area contributed by atoms with E-state index in [-0.39, 0.29) is 17.4 Å². The van der Waals surface area contributed by atoms with Gasteiger partial charge in [-0.05, 0) is 45.6 Å². The molecule has 0 aliphatic carbocycles. The van der Waals surface area contributed by atoms with E-state index in [4.69, 9.17) is 5.73 Å². The highest BCUT2D eigenvalue weighted by Gasteiger charge is 2.29. The lowest BCUT2D eigenvalue weighted by atomic mass is 9.88. The lowest BCUT2D eigenvalue weighted by Gasteiger charge is -2.38. The van der Waals surface area contributed by atoms with E-state index >= 15 is 0 Å². The van der Waals surface area contributed by atoms with E-state index in [1.54, 1.807) is 6.07 Å². The van der Waals surface area contributed by atoms with Crippen LogP contribution in [0.4, 0.5) is 4.39 Å². The fraction of sp³-hybridized carbons (Fsp3) is 0.500. The fourth-order valence-corrected chi connectivity index (χ4v) is 1.39. The highest BCUT2D eigenvalue weighted by Crippen LogP contribution is 2.27. The van der Waals surface area contributed by atoms with Crippen LogP contribution in [-0.2, 0) is 0 Å². The molecule has 3 heteroatoms. The van der Waals surface area contributed by atoms with Crippen LogP contribution in [0.3, 0.4) is 0 Å². The maximum Gasteiger partial charge on any atom is 0.123 e. The van der Waals surface area contributed by atoms with Gasteiger partial charge in [0.25, 0.3) is 0 Å². The SMILES string of the molecule is CN(C)C(C)(C)C(N)c1cccc(F)c1. The third kappa shape index (κ3) is 2.55. The zero-order valence-corrected chi connectivity index (χ0v) is 9.79. The molecule has 0 aliphatic rings. The lowest BCUT2D eigenvalue weighted by Crippen LogP contribution is -2.47. The van der Waals surface area contributed by atoms with Gasteiger partial charge in [-0.3, -0.25) is 0 Å². The van der Waals surface area contributed by atoms with Crippen molar-refractivity contribution in [3.05, 3.63) is 35.6 Å². The maximum absolute atomic E-state index is 13.0. The predicted molar refractivity (Wildman–Crippen MR) is 61.1 cm³/mol. The summed E-state index contributed by atoms with van der Waals surface area (Å²) in [6.07, 6.45) is 0. The first kappa shape index (κ1) is 12.1. The minimum Gasteiger partial charge on any atom is -0.322 e. The Morgan fingerprint density at radius 2 is 1.93 bits per heavy atom. The van der Waals surface area contributed by atoms with Gasteiger partial charge in [-0.15, -0.1) is 0 Å². The smallest absolute Gasteiger partial charge is 0.123 e. The summed E-state index contributed by atoms with van der Waals surface area (Å²) >= 11 is 0. The van der Waals surface area contributed by atoms with Crippen molar-refractivity contribution >= 4 is 0 Å². The molecule has 1 aromatic carbocycles. The molecular formula is C12H19FN2. The summed E-state index contributed by atoms with van der Waals surface area (Å²) in [6.45, 7) is 4.09. The molecular weight excluding hydrogens is 191 g/mol. The van der Waals surface area contributed by atoms with E-state index in [1.807, 2.05) is 38.9 Å². The first-order valence-corrected chi connectivity index (χ1v) is 5.04. The third-order valence-corrected chi connectivity index (χ3v) is 3.12. The van der Waals surface area contributed by atoms with Crippen LogP contribution < -0.4 is 5.73 Å². The molecule has 1 aromatic rings. The molecule has 0 heterocycles. The normalized spacial score (nSPS) is 14.3. The second-order valence-corrected chi connectivity index (χ2v) is 4.58. The zero-order valence-electron chi connectivity index (χ0n) is 9.79. The van der Waals surface area contributed by atoms with Crippen LogP contribution in [0, 0.1) is 5.82 Å². The van der Waals surface area contributed by atoms with Crippen LogP contribution in [0.15, 0.2) is 24.3 Å². The van der Waals surface area contributed by atoms with Gasteiger partial charge in [0.15, 0.2) is 0 Å². The van der Waals surface area contributed by atoms with Crippen molar-refractivity contribution in [2.75, 3.05) is 14.1 Å². The average Bonchev–Trinajstić information content (AvgIpc) is 2.16. The number of nitrogens with zero attached hydrogens (tertiary/aromatic N) is 1. The summed E-state index contributed by atoms with van der Waals surface area (Å²) < 4.78 is 13.0. The van der Waals surface area contributed by atoms with Gasteiger partial charge < -0.3 is 10.6 Å². The molecule has 0 saturated carbocycles. The summed E-state index contributed by atoms with van der Waals surface area (Å²) in [4.78, 5) is 2.04. The number of nitrogens with two attached hydrogens (primary N) is 1. The molecule has 2 nitrogen and oxygen atoms in total. The molecule has 0 radical (unpaired) electrons. The fourth-order valence-electron chi connectivity index (χ4n) is 1.39. The van der Waals surface area contributed by atoms with Crippen LogP contribution >= 0.6 is 0 Å². The number of halogens is 1. The zero-order chi connectivity index (χ0) is 11.6. The Bertz CT molecular complexity index is 334. The molecule has 15 heavy (non-hydrogen) atoms. The minimum absolute atomic E-state index is 0.201. The van der Waals surface area contributed by atoms with Crippen LogP contribution in [0.1, 0.15) is 25.5 Å². The molecule has 2 N–H and O–H groups in total. The number of hydrogen-bond acceptors (Lipinski definition) is 2. The molecule has 0 spiro atoms. The number of benzene rings is 1. The van der Waals surface area contributed by atoms with Gasteiger partial charge in [0, 0.05) is 11.6 Å². The second-order valence-electron chi connectivity index (χ2n) is 4.58. The van der Waals surface area contributed by atoms with Gasteiger partial charge in [0.1, 0.15) is 5.82 Å². The summed E-state index contributed by atoms with van der Waals surface area (Å²) in [5, 5.41) is 0. The van der Waals surface area contributed by atoms with Crippen LogP contribution in [0.25, 0.3) is 0 Å². The van der Waals surface area contributed by atoms with Gasteiger partial charge in [-0.2, -0.15) is 0 Å². The van der Waals surface area contributed by atoms with Crippen LogP contribution in [0.2, 0.25) is 0 Å². The number of likely N-dealkylation sites (N-methyl/N-ethyl adjacent to an activating group) is 1. The van der Waals surface area contributed by atoms with Crippen molar-refractivity contribution in [2.24, 2.45) is 5.73 Å². The summed E-state index contributed by atoms with van der Waals surface area (Å²) in [6, 6.07) is 6.27.